The van der Waals surface area contributed by atoms with Crippen LogP contribution in [-0.2, 0) is 11.2 Å². The Bertz CT molecular complexity index is 605. The van der Waals surface area contributed by atoms with Gasteiger partial charge in [0.25, 0.3) is 0 Å². The topological polar surface area (TPSA) is 41.1 Å². The molecular weight excluding hydrogens is 296 g/mol. The summed E-state index contributed by atoms with van der Waals surface area (Å²) in [6, 6.07) is 18.7. The summed E-state index contributed by atoms with van der Waals surface area (Å²) in [7, 11) is 0. The summed E-state index contributed by atoms with van der Waals surface area (Å²) in [4.78, 5) is 11.9. The van der Waals surface area contributed by atoms with Gasteiger partial charge in [0.1, 0.15) is 0 Å². The van der Waals surface area contributed by atoms with E-state index in [1.165, 1.54) is 11.1 Å². The van der Waals surface area contributed by atoms with Crippen molar-refractivity contribution < 1.29 is 4.79 Å². The van der Waals surface area contributed by atoms with Gasteiger partial charge < -0.3 is 10.6 Å². The molecule has 0 saturated carbocycles. The van der Waals surface area contributed by atoms with Gasteiger partial charge in [-0.1, -0.05) is 56.3 Å². The van der Waals surface area contributed by atoms with Gasteiger partial charge in [-0.3, -0.25) is 4.79 Å². The third kappa shape index (κ3) is 6.45. The zero-order valence-corrected chi connectivity index (χ0v) is 14.7. The molecular formula is C21H28N2O. The van der Waals surface area contributed by atoms with Crippen molar-refractivity contribution in [1.82, 2.24) is 5.32 Å². The van der Waals surface area contributed by atoms with Gasteiger partial charge in [0, 0.05) is 25.2 Å². The van der Waals surface area contributed by atoms with Crippen LogP contribution < -0.4 is 10.6 Å². The number of nitrogens with one attached hydrogen (secondary N) is 2. The first kappa shape index (κ1) is 18.1. The number of aryl methyl sites for hydroxylation is 1. The molecule has 128 valence electrons. The molecule has 24 heavy (non-hydrogen) atoms. The average Bonchev–Trinajstić information content (AvgIpc) is 2.61. The Morgan fingerprint density at radius 2 is 1.67 bits per heavy atom. The lowest BCUT2D eigenvalue weighted by molar-refractivity contribution is -0.121. The van der Waals surface area contributed by atoms with Crippen molar-refractivity contribution in [2.45, 2.75) is 39.0 Å². The van der Waals surface area contributed by atoms with Gasteiger partial charge in [-0.25, -0.2) is 0 Å². The fourth-order valence-electron chi connectivity index (χ4n) is 2.52. The number of para-hydroxylation sites is 1. The van der Waals surface area contributed by atoms with Gasteiger partial charge in [0.15, 0.2) is 0 Å². The van der Waals surface area contributed by atoms with Crippen LogP contribution in [0.25, 0.3) is 0 Å². The lowest BCUT2D eigenvalue weighted by atomic mass is 10.0. The standard InChI is InChI=1S/C21H28N2O/c1-17(2)19-12-9-18(10-13-19)11-14-21(24)23-16-6-15-22-20-7-4-3-5-8-20/h3-5,7-10,12-13,17,22H,6,11,14-16H2,1-2H3,(H,23,24). The molecule has 0 radical (unpaired) electrons. The monoisotopic (exact) mass is 324 g/mol. The lowest BCUT2D eigenvalue weighted by Crippen LogP contribution is -2.26. The molecule has 0 saturated heterocycles. The smallest absolute Gasteiger partial charge is 0.220 e. The van der Waals surface area contributed by atoms with Crippen LogP contribution in [0.15, 0.2) is 54.6 Å². The third-order valence-electron chi connectivity index (χ3n) is 4.07. The van der Waals surface area contributed by atoms with Crippen LogP contribution in [-0.4, -0.2) is 19.0 Å². The maximum atomic E-state index is 11.9. The predicted octanol–water partition coefficient (Wildman–Crippen LogP) is 4.36. The number of rotatable bonds is 9. The molecule has 0 fully saturated rings. The van der Waals surface area contributed by atoms with Crippen LogP contribution in [0, 0.1) is 0 Å². The summed E-state index contributed by atoms with van der Waals surface area (Å²) in [5.41, 5.74) is 3.68. The second-order valence-electron chi connectivity index (χ2n) is 6.39. The van der Waals surface area contributed by atoms with Crippen molar-refractivity contribution in [2.75, 3.05) is 18.4 Å². The molecule has 0 aliphatic heterocycles. The predicted molar refractivity (Wildman–Crippen MR) is 101 cm³/mol. The highest BCUT2D eigenvalue weighted by molar-refractivity contribution is 5.76. The zero-order chi connectivity index (χ0) is 17.2. The van der Waals surface area contributed by atoms with Crippen molar-refractivity contribution in [3.63, 3.8) is 0 Å². The number of hydrogen-bond donors (Lipinski definition) is 2. The van der Waals surface area contributed by atoms with Crippen LogP contribution in [0.1, 0.15) is 43.7 Å². The van der Waals surface area contributed by atoms with E-state index in [9.17, 15) is 4.79 Å². The van der Waals surface area contributed by atoms with Crippen LogP contribution in [0.5, 0.6) is 0 Å². The molecule has 0 spiro atoms. The molecule has 2 N–H and O–H groups in total. The SMILES string of the molecule is CC(C)c1ccc(CCC(=O)NCCCNc2ccccc2)cc1. The van der Waals surface area contributed by atoms with E-state index in [2.05, 4.69) is 48.7 Å². The Morgan fingerprint density at radius 1 is 0.958 bits per heavy atom. The fraction of sp³-hybridized carbons (Fsp3) is 0.381. The van der Waals surface area contributed by atoms with Gasteiger partial charge in [-0.05, 0) is 42.0 Å². The largest absolute Gasteiger partial charge is 0.385 e. The fourth-order valence-corrected chi connectivity index (χ4v) is 2.52. The van der Waals surface area contributed by atoms with Crippen molar-refractivity contribution in [2.24, 2.45) is 0 Å². The first-order valence-electron chi connectivity index (χ1n) is 8.79. The van der Waals surface area contributed by atoms with Crippen molar-refractivity contribution in [1.29, 1.82) is 0 Å². The summed E-state index contributed by atoms with van der Waals surface area (Å²) < 4.78 is 0. The molecule has 0 aliphatic carbocycles. The van der Waals surface area contributed by atoms with Gasteiger partial charge in [0.2, 0.25) is 5.91 Å². The molecule has 0 heterocycles. The molecule has 2 aromatic carbocycles. The van der Waals surface area contributed by atoms with E-state index < -0.39 is 0 Å². The molecule has 3 heteroatoms. The zero-order valence-electron chi connectivity index (χ0n) is 14.7. The van der Waals surface area contributed by atoms with E-state index >= 15 is 0 Å². The molecule has 0 aromatic heterocycles. The van der Waals surface area contributed by atoms with Crippen molar-refractivity contribution in [3.05, 3.63) is 65.7 Å². The highest BCUT2D eigenvalue weighted by Gasteiger charge is 2.03. The first-order valence-corrected chi connectivity index (χ1v) is 8.79. The maximum absolute atomic E-state index is 11.9. The van der Waals surface area contributed by atoms with Gasteiger partial charge in [-0.2, -0.15) is 0 Å². The normalized spacial score (nSPS) is 10.6. The summed E-state index contributed by atoms with van der Waals surface area (Å²) in [6.07, 6.45) is 2.27. The quantitative estimate of drug-likeness (QED) is 0.673. The number of hydrogen-bond acceptors (Lipinski definition) is 2. The molecule has 0 unspecified atom stereocenters. The van der Waals surface area contributed by atoms with Gasteiger partial charge in [-0.15, -0.1) is 0 Å². The summed E-state index contributed by atoms with van der Waals surface area (Å²) >= 11 is 0. The number of amides is 1. The van der Waals surface area contributed by atoms with Gasteiger partial charge >= 0.3 is 0 Å². The minimum absolute atomic E-state index is 0.127. The van der Waals surface area contributed by atoms with E-state index in [1.54, 1.807) is 0 Å². The van der Waals surface area contributed by atoms with Crippen LogP contribution in [0.3, 0.4) is 0 Å². The Hall–Kier alpha value is -2.29. The molecule has 2 aromatic rings. The Morgan fingerprint density at radius 3 is 2.33 bits per heavy atom. The number of benzene rings is 2. The van der Waals surface area contributed by atoms with Crippen molar-refractivity contribution in [3.8, 4) is 0 Å². The number of anilines is 1. The number of carbonyl (C=O) groups is 1. The van der Waals surface area contributed by atoms with Gasteiger partial charge in [0.05, 0.1) is 0 Å². The molecule has 0 bridgehead atoms. The summed E-state index contributed by atoms with van der Waals surface area (Å²) in [5, 5.41) is 6.33. The molecule has 0 atom stereocenters. The second kappa shape index (κ2) is 9.76. The Kier molecular flexibility index (Phi) is 7.34. The van der Waals surface area contributed by atoms with Crippen LogP contribution in [0.2, 0.25) is 0 Å². The Balaban J connectivity index is 1.58. The minimum atomic E-state index is 0.127. The van der Waals surface area contributed by atoms with E-state index in [1.807, 2.05) is 30.3 Å². The van der Waals surface area contributed by atoms with Crippen LogP contribution in [0.4, 0.5) is 5.69 Å². The molecule has 0 aliphatic rings. The molecule has 1 amide bonds. The van der Waals surface area contributed by atoms with Crippen molar-refractivity contribution >= 4 is 11.6 Å². The summed E-state index contributed by atoms with van der Waals surface area (Å²) in [6.45, 7) is 5.95. The second-order valence-corrected chi connectivity index (χ2v) is 6.39. The number of carbonyl (C=O) groups excluding carboxylic acids is 1. The minimum Gasteiger partial charge on any atom is -0.385 e. The molecule has 2 rings (SSSR count). The Labute approximate surface area is 145 Å². The maximum Gasteiger partial charge on any atom is 0.220 e. The lowest BCUT2D eigenvalue weighted by Gasteiger charge is -2.08. The van der Waals surface area contributed by atoms with E-state index in [-0.39, 0.29) is 5.91 Å². The van der Waals surface area contributed by atoms with E-state index in [0.717, 1.165) is 25.1 Å². The average molecular weight is 324 g/mol. The highest BCUT2D eigenvalue weighted by Crippen LogP contribution is 2.15. The highest BCUT2D eigenvalue weighted by atomic mass is 16.1. The van der Waals surface area contributed by atoms with Crippen LogP contribution >= 0.6 is 0 Å². The van der Waals surface area contributed by atoms with E-state index in [0.29, 0.717) is 18.9 Å². The molecule has 3 nitrogen and oxygen atoms in total. The van der Waals surface area contributed by atoms with E-state index in [4.69, 9.17) is 0 Å². The third-order valence-corrected chi connectivity index (χ3v) is 4.07. The first-order chi connectivity index (χ1) is 11.6. The summed E-state index contributed by atoms with van der Waals surface area (Å²) in [5.74, 6) is 0.675.